The first-order chi connectivity index (χ1) is 9.33. The van der Waals surface area contributed by atoms with Crippen LogP contribution in [-0.2, 0) is 6.42 Å². The number of thioether (sulfide) groups is 1. The summed E-state index contributed by atoms with van der Waals surface area (Å²) in [6.07, 6.45) is 4.62. The normalized spacial score (nSPS) is 22.3. The minimum Gasteiger partial charge on any atom is -0.311 e. The molecule has 0 spiro atoms. The second-order valence-corrected chi connectivity index (χ2v) is 6.26. The van der Waals surface area contributed by atoms with Crippen molar-refractivity contribution in [2.45, 2.75) is 31.8 Å². The lowest BCUT2D eigenvalue weighted by atomic mass is 10.0. The summed E-state index contributed by atoms with van der Waals surface area (Å²) in [5.41, 5.74) is 1.44. The smallest absolute Gasteiger partial charge is 0.0236 e. The van der Waals surface area contributed by atoms with E-state index in [1.807, 2.05) is 11.8 Å². The number of nitrogens with zero attached hydrogens (tertiary/aromatic N) is 1. The highest BCUT2D eigenvalue weighted by molar-refractivity contribution is 7.98. The average Bonchev–Trinajstić information content (AvgIpc) is 2.46. The molecule has 0 bridgehead atoms. The van der Waals surface area contributed by atoms with Crippen LogP contribution in [-0.4, -0.2) is 48.6 Å². The Morgan fingerprint density at radius 3 is 2.84 bits per heavy atom. The van der Waals surface area contributed by atoms with E-state index in [4.69, 9.17) is 0 Å². The van der Waals surface area contributed by atoms with Gasteiger partial charge in [-0.15, -0.1) is 0 Å². The van der Waals surface area contributed by atoms with Gasteiger partial charge < -0.3 is 5.32 Å². The molecular formula is C16H26N2S. The van der Waals surface area contributed by atoms with Crippen LogP contribution in [0.3, 0.4) is 0 Å². The van der Waals surface area contributed by atoms with Gasteiger partial charge in [0.05, 0.1) is 0 Å². The van der Waals surface area contributed by atoms with Crippen LogP contribution in [0.2, 0.25) is 0 Å². The molecule has 1 fully saturated rings. The van der Waals surface area contributed by atoms with Crippen LogP contribution in [0.1, 0.15) is 18.9 Å². The number of hydrogen-bond acceptors (Lipinski definition) is 3. The van der Waals surface area contributed by atoms with E-state index in [1.165, 1.54) is 30.8 Å². The van der Waals surface area contributed by atoms with Gasteiger partial charge in [0, 0.05) is 37.5 Å². The zero-order valence-electron chi connectivity index (χ0n) is 12.1. The van der Waals surface area contributed by atoms with Gasteiger partial charge in [0.15, 0.2) is 0 Å². The predicted octanol–water partition coefficient (Wildman–Crippen LogP) is 2.64. The summed E-state index contributed by atoms with van der Waals surface area (Å²) in [6, 6.07) is 12.2. The lowest BCUT2D eigenvalue weighted by Gasteiger charge is -2.38. The molecule has 0 amide bonds. The van der Waals surface area contributed by atoms with Crippen molar-refractivity contribution >= 4 is 11.8 Å². The fourth-order valence-electron chi connectivity index (χ4n) is 2.89. The van der Waals surface area contributed by atoms with Crippen molar-refractivity contribution in [2.24, 2.45) is 0 Å². The van der Waals surface area contributed by atoms with Crippen LogP contribution >= 0.6 is 11.8 Å². The number of nitrogens with one attached hydrogen (secondary N) is 1. The molecule has 3 heteroatoms. The first kappa shape index (κ1) is 14.9. The van der Waals surface area contributed by atoms with Crippen molar-refractivity contribution in [3.63, 3.8) is 0 Å². The largest absolute Gasteiger partial charge is 0.311 e. The molecule has 1 N–H and O–H groups in total. The van der Waals surface area contributed by atoms with E-state index < -0.39 is 0 Å². The molecule has 1 heterocycles. The van der Waals surface area contributed by atoms with Crippen molar-refractivity contribution in [1.82, 2.24) is 10.2 Å². The molecule has 1 saturated heterocycles. The van der Waals surface area contributed by atoms with Gasteiger partial charge in [-0.05, 0) is 24.7 Å². The van der Waals surface area contributed by atoms with Crippen LogP contribution in [0.25, 0.3) is 0 Å². The van der Waals surface area contributed by atoms with Crippen molar-refractivity contribution in [3.05, 3.63) is 35.9 Å². The first-order valence-corrected chi connectivity index (χ1v) is 8.73. The Bertz CT molecular complexity index is 355. The van der Waals surface area contributed by atoms with E-state index >= 15 is 0 Å². The molecule has 1 aromatic carbocycles. The SMILES string of the molecule is CCC(CSC)N1CCNC(Cc2ccccc2)C1. The van der Waals surface area contributed by atoms with Crippen molar-refractivity contribution in [1.29, 1.82) is 0 Å². The summed E-state index contributed by atoms with van der Waals surface area (Å²) in [4.78, 5) is 2.68. The molecule has 2 unspecified atom stereocenters. The lowest BCUT2D eigenvalue weighted by molar-refractivity contribution is 0.151. The molecule has 2 nitrogen and oxygen atoms in total. The monoisotopic (exact) mass is 278 g/mol. The number of piperazine rings is 1. The fraction of sp³-hybridized carbons (Fsp3) is 0.625. The van der Waals surface area contributed by atoms with E-state index in [2.05, 4.69) is 53.7 Å². The maximum atomic E-state index is 3.67. The van der Waals surface area contributed by atoms with Gasteiger partial charge in [-0.1, -0.05) is 37.3 Å². The van der Waals surface area contributed by atoms with Gasteiger partial charge in [0.25, 0.3) is 0 Å². The number of benzene rings is 1. The Morgan fingerprint density at radius 2 is 2.16 bits per heavy atom. The number of hydrogen-bond donors (Lipinski definition) is 1. The second kappa shape index (κ2) is 7.93. The van der Waals surface area contributed by atoms with Crippen molar-refractivity contribution in [2.75, 3.05) is 31.6 Å². The highest BCUT2D eigenvalue weighted by Crippen LogP contribution is 2.14. The van der Waals surface area contributed by atoms with Gasteiger partial charge in [-0.25, -0.2) is 0 Å². The molecule has 1 aromatic rings. The number of rotatable bonds is 6. The Kier molecular flexibility index (Phi) is 6.21. The second-order valence-electron chi connectivity index (χ2n) is 5.35. The molecule has 106 valence electrons. The van der Waals surface area contributed by atoms with Gasteiger partial charge in [0.2, 0.25) is 0 Å². The summed E-state index contributed by atoms with van der Waals surface area (Å²) in [5, 5.41) is 3.67. The zero-order valence-corrected chi connectivity index (χ0v) is 13.0. The maximum absolute atomic E-state index is 3.67. The quantitative estimate of drug-likeness (QED) is 0.861. The van der Waals surface area contributed by atoms with E-state index in [0.29, 0.717) is 6.04 Å². The molecule has 2 rings (SSSR count). The summed E-state index contributed by atoms with van der Waals surface area (Å²) in [7, 11) is 0. The molecule has 0 aromatic heterocycles. The average molecular weight is 278 g/mol. The van der Waals surface area contributed by atoms with Gasteiger partial charge in [-0.3, -0.25) is 4.90 Å². The standard InChI is InChI=1S/C16H26N2S/c1-3-16(13-19-2)18-10-9-17-15(12-18)11-14-7-5-4-6-8-14/h4-8,15-17H,3,9-13H2,1-2H3. The Hall–Kier alpha value is -0.510. The van der Waals surface area contributed by atoms with Crippen LogP contribution in [0.4, 0.5) is 0 Å². The molecule has 2 atom stereocenters. The van der Waals surface area contributed by atoms with Crippen LogP contribution in [0, 0.1) is 0 Å². The third-order valence-electron chi connectivity index (χ3n) is 3.96. The Labute approximate surface area is 122 Å². The highest BCUT2D eigenvalue weighted by atomic mass is 32.2. The van der Waals surface area contributed by atoms with Gasteiger partial charge >= 0.3 is 0 Å². The third-order valence-corrected chi connectivity index (χ3v) is 4.68. The van der Waals surface area contributed by atoms with Gasteiger partial charge in [-0.2, -0.15) is 11.8 Å². The van der Waals surface area contributed by atoms with E-state index in [0.717, 1.165) is 19.0 Å². The van der Waals surface area contributed by atoms with Crippen LogP contribution in [0.15, 0.2) is 30.3 Å². The van der Waals surface area contributed by atoms with Crippen molar-refractivity contribution in [3.8, 4) is 0 Å². The van der Waals surface area contributed by atoms with Crippen LogP contribution in [0.5, 0.6) is 0 Å². The molecule has 1 aliphatic rings. The first-order valence-electron chi connectivity index (χ1n) is 7.33. The molecule has 0 saturated carbocycles. The third kappa shape index (κ3) is 4.51. The van der Waals surface area contributed by atoms with E-state index in [1.54, 1.807) is 0 Å². The van der Waals surface area contributed by atoms with E-state index in [-0.39, 0.29) is 0 Å². The molecule has 1 aliphatic heterocycles. The summed E-state index contributed by atoms with van der Waals surface area (Å²) < 4.78 is 0. The lowest BCUT2D eigenvalue weighted by Crippen LogP contribution is -2.55. The zero-order chi connectivity index (χ0) is 13.5. The minimum atomic E-state index is 0.604. The summed E-state index contributed by atoms with van der Waals surface area (Å²) in [5.74, 6) is 1.26. The summed E-state index contributed by atoms with van der Waals surface area (Å²) in [6.45, 7) is 5.83. The van der Waals surface area contributed by atoms with Crippen molar-refractivity contribution < 1.29 is 0 Å². The minimum absolute atomic E-state index is 0.604. The predicted molar refractivity (Wildman–Crippen MR) is 86.0 cm³/mol. The Morgan fingerprint density at radius 1 is 1.37 bits per heavy atom. The molecular weight excluding hydrogens is 252 g/mol. The summed E-state index contributed by atoms with van der Waals surface area (Å²) >= 11 is 1.97. The fourth-order valence-corrected chi connectivity index (χ4v) is 3.72. The molecule has 19 heavy (non-hydrogen) atoms. The van der Waals surface area contributed by atoms with Gasteiger partial charge in [0.1, 0.15) is 0 Å². The maximum Gasteiger partial charge on any atom is 0.0236 e. The molecule has 0 radical (unpaired) electrons. The Balaban J connectivity index is 1.89. The highest BCUT2D eigenvalue weighted by Gasteiger charge is 2.24. The van der Waals surface area contributed by atoms with E-state index in [9.17, 15) is 0 Å². The molecule has 0 aliphatic carbocycles. The topological polar surface area (TPSA) is 15.3 Å². The van der Waals surface area contributed by atoms with Crippen LogP contribution < -0.4 is 5.32 Å².